The van der Waals surface area contributed by atoms with Crippen molar-refractivity contribution < 1.29 is 22.8 Å². The van der Waals surface area contributed by atoms with E-state index in [2.05, 4.69) is 40.9 Å². The predicted molar refractivity (Wildman–Crippen MR) is 152 cm³/mol. The summed E-state index contributed by atoms with van der Waals surface area (Å²) in [4.78, 5) is 34.1. The maximum atomic E-state index is 14.0. The summed E-state index contributed by atoms with van der Waals surface area (Å²) in [6.07, 6.45) is 2.54. The fourth-order valence-electron chi connectivity index (χ4n) is 6.62. The molecule has 43 heavy (non-hydrogen) atoms. The van der Waals surface area contributed by atoms with Crippen LogP contribution in [0.4, 0.5) is 13.2 Å². The number of aromatic nitrogens is 5. The van der Waals surface area contributed by atoms with E-state index >= 15 is 0 Å². The average molecular weight is 590 g/mol. The molecule has 5 heterocycles. The lowest BCUT2D eigenvalue weighted by molar-refractivity contribution is -0.140. The molecule has 3 aromatic heterocycles. The molecular weight excluding hydrogens is 559 g/mol. The number of nitrogens with zero attached hydrogens (tertiary/aromatic N) is 7. The standard InChI is InChI=1S/C31H30F3N7O2/c1-3-26(42)39-13-11-22-27-23(41(36-22)21-9-7-19(8-10-21)18-5-4-6-18)12-14-40(25(27)17-39)30(43)20-15-24-28(35-16-20)29(31(32,33)34)37-38(24)2/h3,7-10,15-16,18,25H,1,4-6,11-14,17H2,2H3/t25-/m0/s1. The average Bonchev–Trinajstić information content (AvgIpc) is 3.44. The number of hydrogen-bond donors (Lipinski definition) is 0. The van der Waals surface area contributed by atoms with Crippen LogP contribution in [0.25, 0.3) is 16.7 Å². The minimum atomic E-state index is -4.67. The Morgan fingerprint density at radius 1 is 1.07 bits per heavy atom. The second-order valence-electron chi connectivity index (χ2n) is 11.5. The van der Waals surface area contributed by atoms with E-state index in [4.69, 9.17) is 5.10 Å². The Hall–Kier alpha value is -4.48. The van der Waals surface area contributed by atoms with Crippen LogP contribution >= 0.6 is 0 Å². The van der Waals surface area contributed by atoms with E-state index in [0.717, 1.165) is 27.3 Å². The molecule has 1 aliphatic carbocycles. The maximum absolute atomic E-state index is 14.0. The molecule has 1 atom stereocenters. The monoisotopic (exact) mass is 589 g/mol. The summed E-state index contributed by atoms with van der Waals surface area (Å²) in [5.74, 6) is 0.0113. The number of aryl methyl sites for hydroxylation is 1. The molecule has 0 bridgehead atoms. The zero-order valence-corrected chi connectivity index (χ0v) is 23.6. The second kappa shape index (κ2) is 10.1. The molecule has 4 aromatic rings. The van der Waals surface area contributed by atoms with Crippen molar-refractivity contribution in [2.75, 3.05) is 19.6 Å². The van der Waals surface area contributed by atoms with Crippen LogP contribution in [0.2, 0.25) is 0 Å². The number of halogens is 3. The minimum absolute atomic E-state index is 0.110. The van der Waals surface area contributed by atoms with Gasteiger partial charge in [0.1, 0.15) is 5.52 Å². The number of pyridine rings is 1. The van der Waals surface area contributed by atoms with Crippen molar-refractivity contribution in [2.24, 2.45) is 7.05 Å². The SMILES string of the molecule is C=CC(=O)N1CCc2nn(-c3ccc(C4CCC4)cc3)c3c2[C@H](C1)N(C(=O)c1cnc2c(C(F)(F)F)nn(C)c2c1)CC3. The van der Waals surface area contributed by atoms with E-state index < -0.39 is 17.9 Å². The number of carbonyl (C=O) groups excluding carboxylic acids is 2. The van der Waals surface area contributed by atoms with Crippen molar-refractivity contribution >= 4 is 22.8 Å². The van der Waals surface area contributed by atoms with Crippen LogP contribution < -0.4 is 0 Å². The molecule has 2 aliphatic heterocycles. The Bertz CT molecular complexity index is 1770. The third kappa shape index (κ3) is 4.50. The first-order valence-corrected chi connectivity index (χ1v) is 14.5. The molecule has 0 radical (unpaired) electrons. The largest absolute Gasteiger partial charge is 0.437 e. The van der Waals surface area contributed by atoms with Gasteiger partial charge in [-0.3, -0.25) is 19.3 Å². The number of hydrogen-bond acceptors (Lipinski definition) is 5. The van der Waals surface area contributed by atoms with E-state index in [1.807, 2.05) is 4.68 Å². The Morgan fingerprint density at radius 2 is 1.84 bits per heavy atom. The number of benzene rings is 1. The van der Waals surface area contributed by atoms with Gasteiger partial charge in [0.05, 0.1) is 34.2 Å². The second-order valence-corrected chi connectivity index (χ2v) is 11.5. The Labute approximate surface area is 245 Å². The number of carbonyl (C=O) groups is 2. The Morgan fingerprint density at radius 3 is 2.51 bits per heavy atom. The first-order valence-electron chi connectivity index (χ1n) is 14.5. The van der Waals surface area contributed by atoms with Gasteiger partial charge in [0, 0.05) is 51.3 Å². The van der Waals surface area contributed by atoms with Gasteiger partial charge in [-0.05, 0) is 48.6 Å². The summed E-state index contributed by atoms with van der Waals surface area (Å²) in [6, 6.07) is 9.45. The highest BCUT2D eigenvalue weighted by molar-refractivity contribution is 5.97. The molecule has 12 heteroatoms. The first kappa shape index (κ1) is 27.4. The lowest BCUT2D eigenvalue weighted by Crippen LogP contribution is -2.45. The topological polar surface area (TPSA) is 89.2 Å². The van der Waals surface area contributed by atoms with Crippen molar-refractivity contribution in [2.45, 2.75) is 50.2 Å². The van der Waals surface area contributed by atoms with Gasteiger partial charge >= 0.3 is 6.18 Å². The van der Waals surface area contributed by atoms with Crippen LogP contribution in [-0.2, 0) is 30.9 Å². The third-order valence-corrected chi connectivity index (χ3v) is 9.08. The summed E-state index contributed by atoms with van der Waals surface area (Å²) in [5, 5.41) is 8.60. The highest BCUT2D eigenvalue weighted by Crippen LogP contribution is 2.40. The normalized spacial score (nSPS) is 18.7. The zero-order valence-electron chi connectivity index (χ0n) is 23.6. The van der Waals surface area contributed by atoms with E-state index in [-0.39, 0.29) is 35.0 Å². The summed E-state index contributed by atoms with van der Waals surface area (Å²) in [7, 11) is 1.39. The summed E-state index contributed by atoms with van der Waals surface area (Å²) < 4.78 is 43.5. The van der Waals surface area contributed by atoms with Gasteiger partial charge in [-0.2, -0.15) is 23.4 Å². The van der Waals surface area contributed by atoms with Crippen LogP contribution in [-0.4, -0.2) is 65.8 Å². The zero-order chi connectivity index (χ0) is 30.0. The van der Waals surface area contributed by atoms with Crippen molar-refractivity contribution in [1.29, 1.82) is 0 Å². The molecule has 0 saturated heterocycles. The maximum Gasteiger partial charge on any atom is 0.437 e. The third-order valence-electron chi connectivity index (χ3n) is 9.08. The van der Waals surface area contributed by atoms with Crippen LogP contribution in [0.3, 0.4) is 0 Å². The first-order chi connectivity index (χ1) is 20.6. The van der Waals surface area contributed by atoms with Gasteiger partial charge in [-0.15, -0.1) is 0 Å². The molecule has 0 spiro atoms. The van der Waals surface area contributed by atoms with Crippen LogP contribution in [0.5, 0.6) is 0 Å². The van der Waals surface area contributed by atoms with Crippen LogP contribution in [0, 0.1) is 0 Å². The van der Waals surface area contributed by atoms with Crippen LogP contribution in [0.1, 0.15) is 69.8 Å². The quantitative estimate of drug-likeness (QED) is 0.321. The molecule has 222 valence electrons. The van der Waals surface area contributed by atoms with Gasteiger partial charge < -0.3 is 9.80 Å². The van der Waals surface area contributed by atoms with Gasteiger partial charge in [0.2, 0.25) is 5.91 Å². The molecule has 1 aromatic carbocycles. The van der Waals surface area contributed by atoms with Crippen LogP contribution in [0.15, 0.2) is 49.2 Å². The lowest BCUT2D eigenvalue weighted by atomic mass is 9.80. The minimum Gasteiger partial charge on any atom is -0.336 e. The molecule has 9 nitrogen and oxygen atoms in total. The molecule has 3 aliphatic rings. The van der Waals surface area contributed by atoms with Gasteiger partial charge in [0.15, 0.2) is 5.69 Å². The predicted octanol–water partition coefficient (Wildman–Crippen LogP) is 4.75. The Balaban J connectivity index is 1.27. The van der Waals surface area contributed by atoms with Gasteiger partial charge in [-0.25, -0.2) is 4.68 Å². The van der Waals surface area contributed by atoms with E-state index in [1.54, 1.807) is 9.80 Å². The van der Waals surface area contributed by atoms with E-state index in [1.165, 1.54) is 50.2 Å². The van der Waals surface area contributed by atoms with Crippen molar-refractivity contribution in [3.63, 3.8) is 0 Å². The van der Waals surface area contributed by atoms with Crippen molar-refractivity contribution in [3.05, 3.63) is 83.0 Å². The molecular formula is C31H30F3N7O2. The van der Waals surface area contributed by atoms with Gasteiger partial charge in [0.25, 0.3) is 5.91 Å². The highest BCUT2D eigenvalue weighted by atomic mass is 19.4. The summed E-state index contributed by atoms with van der Waals surface area (Å²) >= 11 is 0. The number of amides is 2. The number of alkyl halides is 3. The van der Waals surface area contributed by atoms with Crippen molar-refractivity contribution in [1.82, 2.24) is 34.3 Å². The van der Waals surface area contributed by atoms with E-state index in [9.17, 15) is 22.8 Å². The fourth-order valence-corrected chi connectivity index (χ4v) is 6.62. The highest BCUT2D eigenvalue weighted by Gasteiger charge is 2.41. The Kier molecular flexibility index (Phi) is 6.40. The summed E-state index contributed by atoms with van der Waals surface area (Å²) in [6.45, 7) is 4.66. The smallest absolute Gasteiger partial charge is 0.336 e. The fraction of sp³-hybridized carbons (Fsp3) is 0.387. The molecule has 0 N–H and O–H groups in total. The number of fused-ring (bicyclic) bond motifs is 1. The molecule has 1 fully saturated rings. The van der Waals surface area contributed by atoms with E-state index in [0.29, 0.717) is 31.8 Å². The van der Waals surface area contributed by atoms with Gasteiger partial charge in [-0.1, -0.05) is 25.1 Å². The molecule has 7 rings (SSSR count). The molecule has 0 unspecified atom stereocenters. The molecule has 1 saturated carbocycles. The summed E-state index contributed by atoms with van der Waals surface area (Å²) in [5.41, 5.74) is 3.91. The molecule has 2 amide bonds. The number of rotatable bonds is 4. The lowest BCUT2D eigenvalue weighted by Gasteiger charge is -2.37. The van der Waals surface area contributed by atoms with Crippen molar-refractivity contribution in [3.8, 4) is 5.69 Å².